The van der Waals surface area contributed by atoms with E-state index in [1.807, 2.05) is 0 Å². The van der Waals surface area contributed by atoms with Crippen LogP contribution in [0.2, 0.25) is 0 Å². The molecule has 50 heavy (non-hydrogen) atoms. The number of rotatable bonds is 25. The maximum atomic E-state index is 11.6. The molecule has 0 aliphatic carbocycles. The molecular weight excluding hydrogens is 670 g/mol. The van der Waals surface area contributed by atoms with Crippen LogP contribution in [-0.4, -0.2) is 196 Å². The maximum Gasteiger partial charge on any atom is 0.217 e. The summed E-state index contributed by atoms with van der Waals surface area (Å²) in [7, 11) is 0. The lowest BCUT2D eigenvalue weighted by atomic mass is 9.96. The Morgan fingerprint density at radius 2 is 1.18 bits per heavy atom. The van der Waals surface area contributed by atoms with Gasteiger partial charge in [-0.15, -0.1) is 0 Å². The van der Waals surface area contributed by atoms with Gasteiger partial charge in [0.05, 0.1) is 110 Å². The summed E-state index contributed by atoms with van der Waals surface area (Å²) >= 11 is 0. The Kier molecular flexibility index (Phi) is 22.6. The zero-order chi connectivity index (χ0) is 36.8. The van der Waals surface area contributed by atoms with E-state index in [9.17, 15) is 40.2 Å². The molecule has 19 nitrogen and oxygen atoms in total. The first-order chi connectivity index (χ1) is 24.0. The minimum atomic E-state index is -1.39. The van der Waals surface area contributed by atoms with Crippen molar-refractivity contribution in [3.8, 4) is 0 Å². The third kappa shape index (κ3) is 17.2. The minimum absolute atomic E-state index is 0.00203. The zero-order valence-electron chi connectivity index (χ0n) is 29.1. The summed E-state index contributed by atoms with van der Waals surface area (Å²) in [5.41, 5.74) is -1.39. The van der Waals surface area contributed by atoms with E-state index in [1.165, 1.54) is 13.8 Å². The molecule has 2 saturated heterocycles. The summed E-state index contributed by atoms with van der Waals surface area (Å²) in [6, 6.07) is -1.38. The van der Waals surface area contributed by atoms with Crippen molar-refractivity contribution in [3.05, 3.63) is 0 Å². The summed E-state index contributed by atoms with van der Waals surface area (Å²) in [5, 5.41) is 68.1. The van der Waals surface area contributed by atoms with Crippen LogP contribution >= 0.6 is 0 Å². The Labute approximate surface area is 292 Å². The van der Waals surface area contributed by atoms with Gasteiger partial charge in [0, 0.05) is 39.8 Å². The molecule has 0 aromatic heterocycles. The van der Waals surface area contributed by atoms with Crippen molar-refractivity contribution in [2.75, 3.05) is 99.0 Å². The molecule has 2 aliphatic rings. The van der Waals surface area contributed by atoms with Crippen molar-refractivity contribution in [1.82, 2.24) is 16.0 Å². The summed E-state index contributed by atoms with van der Waals surface area (Å²) in [6.07, 6.45) is -6.33. The van der Waals surface area contributed by atoms with Crippen molar-refractivity contribution >= 4 is 11.8 Å². The smallest absolute Gasteiger partial charge is 0.217 e. The summed E-state index contributed by atoms with van der Waals surface area (Å²) in [6.45, 7) is 5.30. The van der Waals surface area contributed by atoms with Crippen molar-refractivity contribution in [1.29, 1.82) is 0 Å². The van der Waals surface area contributed by atoms with Gasteiger partial charge in [-0.1, -0.05) is 0 Å². The fourth-order valence-electron chi connectivity index (χ4n) is 5.39. The number of nitrogens with one attached hydrogen (secondary N) is 3. The summed E-state index contributed by atoms with van der Waals surface area (Å²) in [4.78, 5) is 23.2. The van der Waals surface area contributed by atoms with Crippen molar-refractivity contribution in [3.63, 3.8) is 0 Å². The Morgan fingerprint density at radius 3 is 1.68 bits per heavy atom. The van der Waals surface area contributed by atoms with Gasteiger partial charge < -0.3 is 84.5 Å². The largest absolute Gasteiger partial charge is 0.394 e. The number of aliphatic hydroxyl groups excluding tert-OH is 6. The van der Waals surface area contributed by atoms with E-state index in [-0.39, 0.29) is 57.5 Å². The second kappa shape index (κ2) is 25.3. The highest BCUT2D eigenvalue weighted by molar-refractivity contribution is 5.73. The second-order valence-corrected chi connectivity index (χ2v) is 12.2. The molecule has 0 spiro atoms. The molecule has 0 aromatic carbocycles. The van der Waals surface area contributed by atoms with Crippen LogP contribution in [0.25, 0.3) is 0 Å². The third-order valence-corrected chi connectivity index (χ3v) is 7.88. The first kappa shape index (κ1) is 44.5. The van der Waals surface area contributed by atoms with Gasteiger partial charge in [-0.25, -0.2) is 0 Å². The lowest BCUT2D eigenvalue weighted by Crippen LogP contribution is -2.50. The second-order valence-electron chi connectivity index (χ2n) is 12.2. The van der Waals surface area contributed by atoms with Crippen LogP contribution < -0.4 is 16.0 Å². The van der Waals surface area contributed by atoms with Crippen molar-refractivity contribution in [2.24, 2.45) is 0 Å². The van der Waals surface area contributed by atoms with Gasteiger partial charge in [0.15, 0.2) is 12.6 Å². The average molecular weight is 730 g/mol. The standard InChI is InChI=1S/C31H59N3O16/c1-21(38)33-24-15-23(40)17-31(19-36,20-37)50-30(24)48-14-12-46-10-8-44-6-4-32-3-5-43-7-9-45-11-13-47-29-25(34-22(2)39)16-26(41)28(42)27(18-35)49-29/h23-30,32,35-37,40-42H,3-20H2,1-2H3,(H,33,38)(H,34,39)/t23?,24?,25?,26?,27?,28-,29-,30-/m1/s1. The Bertz CT molecular complexity index is 919. The number of aliphatic hydroxyl groups is 6. The Hall–Kier alpha value is -1.66. The molecule has 2 amide bonds. The molecule has 9 N–H and O–H groups in total. The fraction of sp³-hybridized carbons (Fsp3) is 0.935. The number of amides is 2. The van der Waals surface area contributed by atoms with E-state index in [2.05, 4.69) is 16.0 Å². The highest BCUT2D eigenvalue weighted by Crippen LogP contribution is 2.29. The number of hydrogen-bond acceptors (Lipinski definition) is 17. The number of ether oxygens (including phenoxy) is 8. The van der Waals surface area contributed by atoms with Gasteiger partial charge in [0.1, 0.15) is 17.8 Å². The van der Waals surface area contributed by atoms with E-state index >= 15 is 0 Å². The fourth-order valence-corrected chi connectivity index (χ4v) is 5.39. The molecule has 0 saturated carbocycles. The molecule has 0 bridgehead atoms. The molecule has 0 radical (unpaired) electrons. The first-order valence-electron chi connectivity index (χ1n) is 17.0. The van der Waals surface area contributed by atoms with Gasteiger partial charge >= 0.3 is 0 Å². The molecule has 294 valence electrons. The average Bonchev–Trinajstić information content (AvgIpc) is 3.28. The normalized spacial score (nSPS) is 28.5. The van der Waals surface area contributed by atoms with Crippen LogP contribution in [0.15, 0.2) is 0 Å². The third-order valence-electron chi connectivity index (χ3n) is 7.88. The lowest BCUT2D eigenvalue weighted by Gasteiger charge is -2.34. The van der Waals surface area contributed by atoms with Gasteiger partial charge in [-0.2, -0.15) is 0 Å². The Morgan fingerprint density at radius 1 is 0.700 bits per heavy atom. The minimum Gasteiger partial charge on any atom is -0.394 e. The Balaban J connectivity index is 1.45. The van der Waals surface area contributed by atoms with Crippen LogP contribution in [0.3, 0.4) is 0 Å². The van der Waals surface area contributed by atoms with Gasteiger partial charge in [-0.05, 0) is 6.42 Å². The van der Waals surface area contributed by atoms with E-state index in [1.54, 1.807) is 0 Å². The molecule has 2 aliphatic heterocycles. The van der Waals surface area contributed by atoms with E-state index in [4.69, 9.17) is 37.9 Å². The van der Waals surface area contributed by atoms with Crippen LogP contribution in [-0.2, 0) is 47.5 Å². The monoisotopic (exact) mass is 729 g/mol. The summed E-state index contributed by atoms with van der Waals surface area (Å²) in [5.74, 6) is -0.675. The van der Waals surface area contributed by atoms with E-state index in [0.717, 1.165) is 0 Å². The molecular formula is C31H59N3O16. The maximum absolute atomic E-state index is 11.6. The first-order valence-corrected chi connectivity index (χ1v) is 17.0. The SMILES string of the molecule is CC(=O)NC1CC(O)[C@@H](O)C(CO)O[C@H]1OCCOCCOCCNCCOCCOCCO[C@@H]1OC(CO)(CO)CC(O)CC1NC(C)=O. The molecule has 19 heteroatoms. The zero-order valence-corrected chi connectivity index (χ0v) is 29.1. The molecule has 2 rings (SSSR count). The number of carbonyl (C=O) groups excluding carboxylic acids is 2. The van der Waals surface area contributed by atoms with E-state index in [0.29, 0.717) is 52.7 Å². The van der Waals surface area contributed by atoms with Crippen LogP contribution in [0.5, 0.6) is 0 Å². The quantitative estimate of drug-likeness (QED) is 0.0403. The van der Waals surface area contributed by atoms with Crippen LogP contribution in [0.1, 0.15) is 33.1 Å². The highest BCUT2D eigenvalue weighted by atomic mass is 16.7. The van der Waals surface area contributed by atoms with Crippen molar-refractivity contribution < 1.29 is 78.1 Å². The molecule has 2 heterocycles. The molecule has 8 atom stereocenters. The predicted molar refractivity (Wildman–Crippen MR) is 173 cm³/mol. The van der Waals surface area contributed by atoms with Crippen molar-refractivity contribution in [2.45, 2.75) is 87.8 Å². The van der Waals surface area contributed by atoms with Gasteiger partial charge in [0.2, 0.25) is 11.8 Å². The van der Waals surface area contributed by atoms with Crippen LogP contribution in [0.4, 0.5) is 0 Å². The molecule has 0 aromatic rings. The molecule has 2 fully saturated rings. The summed E-state index contributed by atoms with van der Waals surface area (Å²) < 4.78 is 44.9. The van der Waals surface area contributed by atoms with Gasteiger partial charge in [0.25, 0.3) is 0 Å². The highest BCUT2D eigenvalue weighted by Gasteiger charge is 2.43. The van der Waals surface area contributed by atoms with Gasteiger partial charge in [-0.3, -0.25) is 9.59 Å². The molecule has 5 unspecified atom stereocenters. The lowest BCUT2D eigenvalue weighted by molar-refractivity contribution is -0.240. The topological polar surface area (TPSA) is 265 Å². The predicted octanol–water partition coefficient (Wildman–Crippen LogP) is -4.27. The van der Waals surface area contributed by atoms with E-state index < -0.39 is 74.5 Å². The van der Waals surface area contributed by atoms with Crippen LogP contribution in [0, 0.1) is 0 Å². The number of carbonyl (C=O) groups is 2. The number of hydrogen-bond donors (Lipinski definition) is 9.